The molecule has 4 rings (SSSR count). The zero-order chi connectivity index (χ0) is 30.4. The molecule has 2 aromatic carbocycles. The number of halogens is 4. The fourth-order valence-corrected chi connectivity index (χ4v) is 4.56. The van der Waals surface area contributed by atoms with Gasteiger partial charge >= 0.3 is 6.36 Å². The van der Waals surface area contributed by atoms with E-state index in [-0.39, 0.29) is 29.5 Å². The van der Waals surface area contributed by atoms with Gasteiger partial charge in [-0.05, 0) is 48.2 Å². The summed E-state index contributed by atoms with van der Waals surface area (Å²) in [6.07, 6.45) is -4.65. The SMILES string of the molecule is CCO/N=C(\N)c1ccc(CNC(=O)[C@@H]2CCN2C(=O)[C@H](O)c2cc(Cl)cc(OC(F)(F)F)c2)cc1Cc1ccno1. The molecule has 0 saturated carbocycles. The van der Waals surface area contributed by atoms with Crippen LogP contribution >= 0.6 is 11.6 Å². The van der Waals surface area contributed by atoms with E-state index in [4.69, 9.17) is 26.7 Å². The third-order valence-electron chi connectivity index (χ3n) is 6.34. The van der Waals surface area contributed by atoms with Gasteiger partial charge in [-0.1, -0.05) is 40.1 Å². The fraction of sp³-hybridized carbons (Fsp3) is 0.333. The molecule has 224 valence electrons. The number of likely N-dealkylation sites (tertiary alicyclic amines) is 1. The first-order valence-corrected chi connectivity index (χ1v) is 13.1. The molecule has 2 heterocycles. The Morgan fingerprint density at radius 2 is 2.07 bits per heavy atom. The summed E-state index contributed by atoms with van der Waals surface area (Å²) in [5.74, 6) is -1.26. The molecule has 1 aliphatic rings. The number of aromatic nitrogens is 1. The number of aliphatic hydroxyl groups excluding tert-OH is 1. The van der Waals surface area contributed by atoms with Crippen LogP contribution in [0.5, 0.6) is 5.75 Å². The van der Waals surface area contributed by atoms with Gasteiger partial charge < -0.3 is 35.2 Å². The number of carbonyl (C=O) groups excluding carboxylic acids is 2. The number of carbonyl (C=O) groups is 2. The summed E-state index contributed by atoms with van der Waals surface area (Å²) >= 11 is 5.86. The Labute approximate surface area is 243 Å². The number of oxime groups is 1. The smallest absolute Gasteiger partial charge is 0.406 e. The number of aliphatic hydroxyl groups is 1. The van der Waals surface area contributed by atoms with Gasteiger partial charge in [0.2, 0.25) is 5.91 Å². The van der Waals surface area contributed by atoms with Crippen molar-refractivity contribution in [3.05, 3.63) is 81.7 Å². The highest BCUT2D eigenvalue weighted by molar-refractivity contribution is 6.30. The number of hydrogen-bond acceptors (Lipinski definition) is 8. The summed E-state index contributed by atoms with van der Waals surface area (Å²) in [5, 5.41) is 20.8. The van der Waals surface area contributed by atoms with Crippen molar-refractivity contribution in [1.29, 1.82) is 0 Å². The zero-order valence-electron chi connectivity index (χ0n) is 22.2. The number of alkyl halides is 3. The Bertz CT molecular complexity index is 1450. The summed E-state index contributed by atoms with van der Waals surface area (Å²) in [5.41, 5.74) is 7.97. The number of amidine groups is 1. The summed E-state index contributed by atoms with van der Waals surface area (Å²) < 4.78 is 46.9. The number of nitrogens with two attached hydrogens (primary N) is 1. The quantitative estimate of drug-likeness (QED) is 0.170. The molecule has 0 aliphatic carbocycles. The lowest BCUT2D eigenvalue weighted by atomic mass is 9.98. The molecule has 2 amide bonds. The van der Waals surface area contributed by atoms with Crippen LogP contribution < -0.4 is 15.8 Å². The van der Waals surface area contributed by atoms with E-state index in [2.05, 4.69) is 20.4 Å². The lowest BCUT2D eigenvalue weighted by Crippen LogP contribution is -2.59. The third kappa shape index (κ3) is 7.70. The van der Waals surface area contributed by atoms with Gasteiger partial charge in [-0.3, -0.25) is 9.59 Å². The van der Waals surface area contributed by atoms with Gasteiger partial charge in [0, 0.05) is 36.2 Å². The second-order valence-electron chi connectivity index (χ2n) is 9.27. The maximum Gasteiger partial charge on any atom is 0.573 e. The topological polar surface area (TPSA) is 153 Å². The van der Waals surface area contributed by atoms with Crippen molar-refractivity contribution >= 4 is 29.3 Å². The fourth-order valence-electron chi connectivity index (χ4n) is 4.32. The zero-order valence-corrected chi connectivity index (χ0v) is 23.0. The Hall–Kier alpha value is -4.30. The molecule has 11 nitrogen and oxygen atoms in total. The second kappa shape index (κ2) is 13.1. The van der Waals surface area contributed by atoms with Crippen molar-refractivity contribution in [2.45, 2.75) is 44.8 Å². The maximum absolute atomic E-state index is 12.9. The number of nitrogens with zero attached hydrogens (tertiary/aromatic N) is 3. The Balaban J connectivity index is 1.42. The minimum atomic E-state index is -4.99. The first-order chi connectivity index (χ1) is 19.9. The number of hydrogen-bond donors (Lipinski definition) is 3. The van der Waals surface area contributed by atoms with Crippen molar-refractivity contribution in [2.75, 3.05) is 13.2 Å². The molecule has 42 heavy (non-hydrogen) atoms. The molecule has 1 aromatic heterocycles. The number of nitrogens with one attached hydrogen (secondary N) is 1. The van der Waals surface area contributed by atoms with E-state index in [1.54, 1.807) is 25.1 Å². The minimum absolute atomic E-state index is 0.110. The van der Waals surface area contributed by atoms with Crippen LogP contribution in [0.3, 0.4) is 0 Å². The van der Waals surface area contributed by atoms with Gasteiger partial charge in [0.1, 0.15) is 24.2 Å². The van der Waals surface area contributed by atoms with E-state index in [1.165, 1.54) is 6.20 Å². The summed E-state index contributed by atoms with van der Waals surface area (Å²) in [7, 11) is 0. The van der Waals surface area contributed by atoms with Gasteiger partial charge in [-0.2, -0.15) is 0 Å². The van der Waals surface area contributed by atoms with Gasteiger partial charge in [-0.15, -0.1) is 13.2 Å². The van der Waals surface area contributed by atoms with Crippen LogP contribution in [-0.4, -0.2) is 58.4 Å². The Morgan fingerprint density at radius 1 is 1.29 bits per heavy atom. The normalized spacial score (nSPS) is 16.0. The number of amides is 2. The van der Waals surface area contributed by atoms with Crippen molar-refractivity contribution in [2.24, 2.45) is 10.9 Å². The predicted molar refractivity (Wildman–Crippen MR) is 143 cm³/mol. The Kier molecular flexibility index (Phi) is 9.58. The van der Waals surface area contributed by atoms with Crippen LogP contribution in [0.15, 0.2) is 58.3 Å². The molecule has 1 fully saturated rings. The lowest BCUT2D eigenvalue weighted by molar-refractivity contribution is -0.274. The summed E-state index contributed by atoms with van der Waals surface area (Å²) in [4.78, 5) is 32.1. The largest absolute Gasteiger partial charge is 0.573 e. The molecular weight excluding hydrogens is 583 g/mol. The number of rotatable bonds is 11. The molecule has 3 aromatic rings. The van der Waals surface area contributed by atoms with Crippen LogP contribution in [0.25, 0.3) is 0 Å². The summed E-state index contributed by atoms with van der Waals surface area (Å²) in [6.45, 7) is 2.40. The molecule has 2 atom stereocenters. The molecule has 0 unspecified atom stereocenters. The predicted octanol–water partition coefficient (Wildman–Crippen LogP) is 3.42. The van der Waals surface area contributed by atoms with Crippen LogP contribution in [0, 0.1) is 0 Å². The highest BCUT2D eigenvalue weighted by Crippen LogP contribution is 2.31. The van der Waals surface area contributed by atoms with E-state index in [0.717, 1.165) is 34.2 Å². The van der Waals surface area contributed by atoms with E-state index in [1.807, 2.05) is 6.07 Å². The van der Waals surface area contributed by atoms with Crippen molar-refractivity contribution in [1.82, 2.24) is 15.4 Å². The Morgan fingerprint density at radius 3 is 2.71 bits per heavy atom. The van der Waals surface area contributed by atoms with Crippen LogP contribution in [0.4, 0.5) is 13.2 Å². The first kappa shape index (κ1) is 30.7. The lowest BCUT2D eigenvalue weighted by Gasteiger charge is -2.40. The summed E-state index contributed by atoms with van der Waals surface area (Å²) in [6, 6.07) is 9.05. The van der Waals surface area contributed by atoms with Crippen molar-refractivity contribution in [3.8, 4) is 5.75 Å². The van der Waals surface area contributed by atoms with Gasteiger partial charge in [0.15, 0.2) is 11.9 Å². The molecule has 1 aliphatic heterocycles. The molecule has 1 saturated heterocycles. The van der Waals surface area contributed by atoms with E-state index >= 15 is 0 Å². The molecule has 4 N–H and O–H groups in total. The number of ether oxygens (including phenoxy) is 1. The molecule has 15 heteroatoms. The molecular formula is C27H27ClF3N5O6. The average Bonchev–Trinajstić information content (AvgIpc) is 3.41. The van der Waals surface area contributed by atoms with E-state index in [9.17, 15) is 27.9 Å². The third-order valence-corrected chi connectivity index (χ3v) is 6.56. The second-order valence-corrected chi connectivity index (χ2v) is 9.70. The highest BCUT2D eigenvalue weighted by Gasteiger charge is 2.40. The standard InChI is InChI=1S/C27H27ClF3N5O6/c1-2-40-35-24(32)21-4-3-15(9-16(21)11-19-5-7-34-42-19)14-33-25(38)22-6-8-36(22)26(39)23(37)17-10-18(28)13-20(12-17)41-27(29,30)31/h3-5,7,9-10,12-13,22-23,37H,2,6,8,11,14H2,1H3,(H2,32,35)(H,33,38)/t22-,23+/m0/s1. The van der Waals surface area contributed by atoms with Crippen LogP contribution in [0.1, 0.15) is 47.5 Å². The first-order valence-electron chi connectivity index (χ1n) is 12.7. The van der Waals surface area contributed by atoms with E-state index < -0.39 is 36.1 Å². The number of benzene rings is 2. The van der Waals surface area contributed by atoms with Crippen LogP contribution in [-0.2, 0) is 27.4 Å². The van der Waals surface area contributed by atoms with Crippen LogP contribution in [0.2, 0.25) is 5.02 Å². The highest BCUT2D eigenvalue weighted by atomic mass is 35.5. The van der Waals surface area contributed by atoms with Crippen molar-refractivity contribution < 1.29 is 42.0 Å². The minimum Gasteiger partial charge on any atom is -0.406 e. The average molecular weight is 610 g/mol. The van der Waals surface area contributed by atoms with Gasteiger partial charge in [0.05, 0.1) is 6.20 Å². The molecule has 0 spiro atoms. The van der Waals surface area contributed by atoms with Crippen molar-refractivity contribution in [3.63, 3.8) is 0 Å². The van der Waals surface area contributed by atoms with E-state index in [0.29, 0.717) is 30.8 Å². The maximum atomic E-state index is 12.9. The monoisotopic (exact) mass is 609 g/mol. The molecule has 0 radical (unpaired) electrons. The molecule has 0 bridgehead atoms. The van der Waals surface area contributed by atoms with Gasteiger partial charge in [-0.25, -0.2) is 0 Å². The van der Waals surface area contributed by atoms with Gasteiger partial charge in [0.25, 0.3) is 5.91 Å².